The summed E-state index contributed by atoms with van der Waals surface area (Å²) >= 11 is 0. The molecule has 0 aliphatic heterocycles. The Hall–Kier alpha value is -1.13. The second-order valence-electron chi connectivity index (χ2n) is 2.28. The first kappa shape index (κ1) is 7.97. The van der Waals surface area contributed by atoms with Gasteiger partial charge in [0.25, 0.3) is 0 Å². The Kier molecular flexibility index (Phi) is 2.40. The van der Waals surface area contributed by atoms with Crippen molar-refractivity contribution in [2.24, 2.45) is 5.73 Å². The molecule has 0 spiro atoms. The number of rotatable bonds is 2. The summed E-state index contributed by atoms with van der Waals surface area (Å²) in [4.78, 5) is 13.2. The summed E-state index contributed by atoms with van der Waals surface area (Å²) in [6, 6.07) is 2.58. The smallest absolute Gasteiger partial charge is 0.248 e. The summed E-state index contributed by atoms with van der Waals surface area (Å²) in [6.07, 6.45) is 1.51. The van der Waals surface area contributed by atoms with Crippen LogP contribution in [0.4, 0.5) is 0 Å². The Morgan fingerprint density at radius 1 is 1.73 bits per heavy atom. The Labute approximate surface area is 63.7 Å². The Balaban J connectivity index is 2.96. The number of nitrogens with one attached hydrogen (secondary N) is 1. The van der Waals surface area contributed by atoms with Gasteiger partial charge < -0.3 is 15.8 Å². The van der Waals surface area contributed by atoms with E-state index in [0.717, 1.165) is 0 Å². The fraction of sp³-hybridized carbons (Fsp3) is 0.286. The molecular weight excluding hydrogens is 144 g/mol. The van der Waals surface area contributed by atoms with Crippen molar-refractivity contribution in [3.05, 3.63) is 34.2 Å². The van der Waals surface area contributed by atoms with Crippen LogP contribution in [-0.4, -0.2) is 16.7 Å². The molecule has 0 unspecified atom stereocenters. The quantitative estimate of drug-likeness (QED) is 0.530. The molecule has 1 heterocycles. The molecule has 0 aromatic carbocycles. The molecule has 0 aliphatic carbocycles. The van der Waals surface area contributed by atoms with Gasteiger partial charge >= 0.3 is 0 Å². The van der Waals surface area contributed by atoms with Crippen LogP contribution in [0.25, 0.3) is 0 Å². The second kappa shape index (κ2) is 3.32. The molecule has 4 heteroatoms. The van der Waals surface area contributed by atoms with Gasteiger partial charge in [0.1, 0.15) is 0 Å². The maximum atomic E-state index is 10.7. The SMILES string of the molecule is N[C@@H](CO)c1cc[nH]c(=O)c1. The molecule has 0 saturated heterocycles. The van der Waals surface area contributed by atoms with Gasteiger partial charge in [-0.1, -0.05) is 0 Å². The van der Waals surface area contributed by atoms with Gasteiger partial charge in [-0.05, 0) is 11.6 Å². The van der Waals surface area contributed by atoms with Gasteiger partial charge in [-0.25, -0.2) is 0 Å². The molecule has 60 valence electrons. The molecule has 0 radical (unpaired) electrons. The minimum atomic E-state index is -0.461. The first-order chi connectivity index (χ1) is 5.24. The van der Waals surface area contributed by atoms with Crippen LogP contribution in [0.5, 0.6) is 0 Å². The van der Waals surface area contributed by atoms with E-state index < -0.39 is 6.04 Å². The van der Waals surface area contributed by atoms with E-state index in [1.165, 1.54) is 12.3 Å². The fourth-order valence-electron chi connectivity index (χ4n) is 0.797. The molecule has 0 bridgehead atoms. The zero-order chi connectivity index (χ0) is 8.27. The fourth-order valence-corrected chi connectivity index (χ4v) is 0.797. The topological polar surface area (TPSA) is 79.1 Å². The molecule has 1 atom stereocenters. The molecule has 1 rings (SSSR count). The molecule has 4 nitrogen and oxygen atoms in total. The lowest BCUT2D eigenvalue weighted by atomic mass is 10.1. The van der Waals surface area contributed by atoms with E-state index >= 15 is 0 Å². The maximum Gasteiger partial charge on any atom is 0.248 e. The third-order valence-corrected chi connectivity index (χ3v) is 1.42. The van der Waals surface area contributed by atoms with Crippen LogP contribution in [0.2, 0.25) is 0 Å². The third-order valence-electron chi connectivity index (χ3n) is 1.42. The van der Waals surface area contributed by atoms with Crippen LogP contribution in [0, 0.1) is 0 Å². The van der Waals surface area contributed by atoms with Crippen molar-refractivity contribution in [3.63, 3.8) is 0 Å². The molecule has 0 saturated carbocycles. The Bertz CT molecular complexity index is 282. The van der Waals surface area contributed by atoms with Gasteiger partial charge in [0, 0.05) is 12.3 Å². The zero-order valence-electron chi connectivity index (χ0n) is 5.95. The van der Waals surface area contributed by atoms with Crippen LogP contribution < -0.4 is 11.3 Å². The maximum absolute atomic E-state index is 10.7. The van der Waals surface area contributed by atoms with Crippen LogP contribution in [0.15, 0.2) is 23.1 Å². The molecule has 1 aromatic heterocycles. The summed E-state index contributed by atoms with van der Waals surface area (Å²) in [5.41, 5.74) is 5.91. The van der Waals surface area contributed by atoms with Crippen LogP contribution in [0.1, 0.15) is 11.6 Å². The van der Waals surface area contributed by atoms with Crippen molar-refractivity contribution < 1.29 is 5.11 Å². The van der Waals surface area contributed by atoms with E-state index in [1.54, 1.807) is 6.07 Å². The lowest BCUT2D eigenvalue weighted by molar-refractivity contribution is 0.268. The lowest BCUT2D eigenvalue weighted by Gasteiger charge is -2.05. The van der Waals surface area contributed by atoms with Gasteiger partial charge in [0.15, 0.2) is 0 Å². The molecule has 4 N–H and O–H groups in total. The summed E-state index contributed by atoms with van der Waals surface area (Å²) in [5.74, 6) is 0. The van der Waals surface area contributed by atoms with Crippen molar-refractivity contribution in [1.29, 1.82) is 0 Å². The summed E-state index contributed by atoms with van der Waals surface area (Å²) in [6.45, 7) is -0.149. The number of hydrogen-bond acceptors (Lipinski definition) is 3. The van der Waals surface area contributed by atoms with Crippen LogP contribution in [0.3, 0.4) is 0 Å². The highest BCUT2D eigenvalue weighted by atomic mass is 16.3. The Morgan fingerprint density at radius 2 is 2.45 bits per heavy atom. The average Bonchev–Trinajstić information content (AvgIpc) is 2.03. The zero-order valence-corrected chi connectivity index (χ0v) is 5.95. The van der Waals surface area contributed by atoms with Crippen molar-refractivity contribution in [2.45, 2.75) is 6.04 Å². The van der Waals surface area contributed by atoms with Gasteiger partial charge in [-0.3, -0.25) is 4.79 Å². The molecule has 1 aromatic rings. The number of H-pyrrole nitrogens is 1. The average molecular weight is 154 g/mol. The summed E-state index contributed by atoms with van der Waals surface area (Å²) in [5, 5.41) is 8.64. The van der Waals surface area contributed by atoms with E-state index in [4.69, 9.17) is 10.8 Å². The van der Waals surface area contributed by atoms with Crippen molar-refractivity contribution >= 4 is 0 Å². The highest BCUT2D eigenvalue weighted by molar-refractivity contribution is 5.14. The van der Waals surface area contributed by atoms with E-state index in [1.807, 2.05) is 0 Å². The number of pyridine rings is 1. The standard InChI is InChI=1S/C7H10N2O2/c8-6(4-10)5-1-2-9-7(11)3-5/h1-3,6,10H,4,8H2,(H,9,11)/t6-/m0/s1. The van der Waals surface area contributed by atoms with E-state index in [9.17, 15) is 4.79 Å². The molecule has 0 fully saturated rings. The Morgan fingerprint density at radius 3 is 3.00 bits per heavy atom. The number of aliphatic hydroxyl groups excluding tert-OH is 1. The van der Waals surface area contributed by atoms with Crippen molar-refractivity contribution in [1.82, 2.24) is 4.98 Å². The summed E-state index contributed by atoms with van der Waals surface area (Å²) in [7, 11) is 0. The number of aliphatic hydroxyl groups is 1. The third kappa shape index (κ3) is 1.89. The van der Waals surface area contributed by atoms with Crippen molar-refractivity contribution in [2.75, 3.05) is 6.61 Å². The molecule has 11 heavy (non-hydrogen) atoms. The first-order valence-electron chi connectivity index (χ1n) is 3.29. The van der Waals surface area contributed by atoms with E-state index in [2.05, 4.69) is 4.98 Å². The minimum Gasteiger partial charge on any atom is -0.394 e. The van der Waals surface area contributed by atoms with Crippen molar-refractivity contribution in [3.8, 4) is 0 Å². The molecular formula is C7H10N2O2. The van der Waals surface area contributed by atoms with Gasteiger partial charge in [-0.2, -0.15) is 0 Å². The van der Waals surface area contributed by atoms with Gasteiger partial charge in [0.05, 0.1) is 12.6 Å². The predicted molar refractivity (Wildman–Crippen MR) is 41.1 cm³/mol. The molecule has 0 amide bonds. The number of hydrogen-bond donors (Lipinski definition) is 3. The number of aromatic amines is 1. The highest BCUT2D eigenvalue weighted by Crippen LogP contribution is 2.03. The monoisotopic (exact) mass is 154 g/mol. The number of nitrogens with two attached hydrogens (primary N) is 1. The van der Waals surface area contributed by atoms with E-state index in [-0.39, 0.29) is 12.2 Å². The highest BCUT2D eigenvalue weighted by Gasteiger charge is 2.02. The lowest BCUT2D eigenvalue weighted by Crippen LogP contribution is -2.17. The van der Waals surface area contributed by atoms with Crippen LogP contribution >= 0.6 is 0 Å². The van der Waals surface area contributed by atoms with Gasteiger partial charge in [0.2, 0.25) is 5.56 Å². The van der Waals surface area contributed by atoms with Crippen LogP contribution in [-0.2, 0) is 0 Å². The van der Waals surface area contributed by atoms with Gasteiger partial charge in [-0.15, -0.1) is 0 Å². The largest absolute Gasteiger partial charge is 0.394 e. The second-order valence-corrected chi connectivity index (χ2v) is 2.28. The summed E-state index contributed by atoms with van der Waals surface area (Å²) < 4.78 is 0. The first-order valence-corrected chi connectivity index (χ1v) is 3.29. The molecule has 0 aliphatic rings. The minimum absolute atomic E-state index is 0.149. The van der Waals surface area contributed by atoms with E-state index in [0.29, 0.717) is 5.56 Å². The normalized spacial score (nSPS) is 12.9. The number of aromatic nitrogens is 1. The predicted octanol–water partition coefficient (Wildman–Crippen LogP) is -0.633.